The number of hydrogen-bond acceptors (Lipinski definition) is 6. The lowest BCUT2D eigenvalue weighted by Gasteiger charge is -2.11. The number of nitrogens with one attached hydrogen (secondary N) is 1. The van der Waals surface area contributed by atoms with Gasteiger partial charge in [-0.3, -0.25) is 19.5 Å². The summed E-state index contributed by atoms with van der Waals surface area (Å²) in [5, 5.41) is 22.8. The quantitative estimate of drug-likeness (QED) is 0.354. The Morgan fingerprint density at radius 2 is 1.86 bits per heavy atom. The summed E-state index contributed by atoms with van der Waals surface area (Å²) in [6, 6.07) is 16.2. The van der Waals surface area contributed by atoms with Crippen molar-refractivity contribution >= 4 is 23.4 Å². The molecule has 8 nitrogen and oxygen atoms in total. The topological polar surface area (TPSA) is 103 Å². The van der Waals surface area contributed by atoms with E-state index >= 15 is 0 Å². The van der Waals surface area contributed by atoms with Crippen LogP contribution in [0, 0.1) is 10.1 Å². The van der Waals surface area contributed by atoms with Gasteiger partial charge >= 0.3 is 0 Å². The zero-order valence-corrected chi connectivity index (χ0v) is 16.1. The largest absolute Gasteiger partial charge is 0.349 e. The number of hydrogen-bond donors (Lipinski definition) is 1. The van der Waals surface area contributed by atoms with Crippen molar-refractivity contribution in [2.24, 2.45) is 0 Å². The lowest BCUT2D eigenvalue weighted by molar-refractivity contribution is -0.384. The number of aromatic nitrogens is 3. The van der Waals surface area contributed by atoms with Gasteiger partial charge < -0.3 is 5.32 Å². The highest BCUT2D eigenvalue weighted by Gasteiger charge is 2.16. The molecule has 0 unspecified atom stereocenters. The van der Waals surface area contributed by atoms with Crippen LogP contribution < -0.4 is 5.32 Å². The molecule has 0 aliphatic rings. The Morgan fingerprint density at radius 3 is 2.50 bits per heavy atom. The summed E-state index contributed by atoms with van der Waals surface area (Å²) in [5.74, 6) is 1.18. The Bertz CT molecular complexity index is 957. The molecule has 0 saturated carbocycles. The second kappa shape index (κ2) is 9.14. The van der Waals surface area contributed by atoms with Gasteiger partial charge in [-0.25, -0.2) is 0 Å². The molecule has 0 fully saturated rings. The molecule has 9 heteroatoms. The van der Waals surface area contributed by atoms with Crippen molar-refractivity contribution in [1.29, 1.82) is 0 Å². The maximum Gasteiger partial charge on any atom is 0.269 e. The van der Waals surface area contributed by atoms with Crippen molar-refractivity contribution in [2.75, 3.05) is 0 Å². The molecule has 1 N–H and O–H groups in total. The first-order valence-electron chi connectivity index (χ1n) is 8.71. The molecule has 0 radical (unpaired) electrons. The number of carbonyl (C=O) groups is 1. The second-order valence-corrected chi connectivity index (χ2v) is 6.85. The number of benzene rings is 2. The summed E-state index contributed by atoms with van der Waals surface area (Å²) in [6.07, 6.45) is 0.376. The first-order chi connectivity index (χ1) is 13.6. The van der Waals surface area contributed by atoms with E-state index in [2.05, 4.69) is 15.5 Å². The summed E-state index contributed by atoms with van der Waals surface area (Å²) in [5.41, 5.74) is 1.86. The van der Waals surface area contributed by atoms with E-state index in [4.69, 9.17) is 0 Å². The van der Waals surface area contributed by atoms with Crippen LogP contribution in [-0.2, 0) is 17.1 Å². The Balaban J connectivity index is 1.89. The van der Waals surface area contributed by atoms with Crippen LogP contribution in [0.1, 0.15) is 24.7 Å². The van der Waals surface area contributed by atoms with E-state index in [1.165, 1.54) is 23.9 Å². The Kier molecular flexibility index (Phi) is 6.38. The summed E-state index contributed by atoms with van der Waals surface area (Å²) in [7, 11) is 0. The monoisotopic (exact) mass is 397 g/mol. The molecular weight excluding hydrogens is 378 g/mol. The van der Waals surface area contributed by atoms with E-state index in [0.29, 0.717) is 28.8 Å². The number of thioether (sulfide) groups is 1. The van der Waals surface area contributed by atoms with Gasteiger partial charge in [-0.2, -0.15) is 0 Å². The van der Waals surface area contributed by atoms with Gasteiger partial charge in [0.25, 0.3) is 5.69 Å². The molecule has 2 aromatic carbocycles. The van der Waals surface area contributed by atoms with Gasteiger partial charge in [0.05, 0.1) is 11.5 Å². The number of nitro groups is 1. The van der Waals surface area contributed by atoms with Gasteiger partial charge in [-0.05, 0) is 17.7 Å². The molecule has 0 saturated heterocycles. The average molecular weight is 397 g/mol. The van der Waals surface area contributed by atoms with Crippen molar-refractivity contribution < 1.29 is 9.72 Å². The maximum absolute atomic E-state index is 11.6. The molecule has 0 aliphatic carbocycles. The molecule has 28 heavy (non-hydrogen) atoms. The fourth-order valence-electron chi connectivity index (χ4n) is 2.52. The zero-order valence-electron chi connectivity index (χ0n) is 15.2. The molecular formula is C19H19N5O3S. The van der Waals surface area contributed by atoms with Crippen LogP contribution in [0.25, 0.3) is 5.69 Å². The van der Waals surface area contributed by atoms with Crippen molar-refractivity contribution in [3.63, 3.8) is 0 Å². The Hall–Kier alpha value is -3.20. The van der Waals surface area contributed by atoms with Gasteiger partial charge in [0.2, 0.25) is 5.91 Å². The van der Waals surface area contributed by atoms with Crippen LogP contribution in [-0.4, -0.2) is 25.6 Å². The minimum Gasteiger partial charge on any atom is -0.349 e. The van der Waals surface area contributed by atoms with Gasteiger partial charge in [-0.1, -0.05) is 49.0 Å². The van der Waals surface area contributed by atoms with Crippen molar-refractivity contribution in [1.82, 2.24) is 20.1 Å². The van der Waals surface area contributed by atoms with E-state index in [-0.39, 0.29) is 18.1 Å². The number of rotatable bonds is 8. The lowest BCUT2D eigenvalue weighted by atomic mass is 10.2. The molecule has 0 spiro atoms. The van der Waals surface area contributed by atoms with Crippen molar-refractivity contribution in [2.45, 2.75) is 30.8 Å². The van der Waals surface area contributed by atoms with Crippen molar-refractivity contribution in [3.8, 4) is 5.69 Å². The van der Waals surface area contributed by atoms with Crippen LogP contribution in [0.4, 0.5) is 5.69 Å². The third kappa shape index (κ3) is 4.74. The number of non-ortho nitro benzene ring substituents is 1. The molecule has 1 aromatic heterocycles. The smallest absolute Gasteiger partial charge is 0.269 e. The predicted octanol–water partition coefficient (Wildman–Crippen LogP) is 3.49. The average Bonchev–Trinajstić information content (AvgIpc) is 3.14. The first-order valence-corrected chi connectivity index (χ1v) is 9.69. The third-order valence-electron chi connectivity index (χ3n) is 3.99. The molecule has 144 valence electrons. The molecule has 1 amide bonds. The van der Waals surface area contributed by atoms with Gasteiger partial charge in [-0.15, -0.1) is 10.2 Å². The van der Waals surface area contributed by atoms with Crippen LogP contribution >= 0.6 is 11.8 Å². The number of carbonyl (C=O) groups excluding carboxylic acids is 1. The van der Waals surface area contributed by atoms with E-state index < -0.39 is 4.92 Å². The standard InChI is InChI=1S/C19H19N5O3S/c1-2-18(25)20-12-17-21-22-19(28-13-14-6-4-3-5-7-14)23(17)15-8-10-16(11-9-15)24(26)27/h3-11H,2,12-13H2,1H3,(H,20,25). The van der Waals surface area contributed by atoms with Crippen LogP contribution in [0.3, 0.4) is 0 Å². The number of nitrogens with zero attached hydrogens (tertiary/aromatic N) is 4. The van der Waals surface area contributed by atoms with Crippen LogP contribution in [0.15, 0.2) is 59.8 Å². The van der Waals surface area contributed by atoms with E-state index in [1.54, 1.807) is 19.1 Å². The molecule has 1 heterocycles. The fourth-order valence-corrected chi connectivity index (χ4v) is 3.44. The number of nitro benzene ring substituents is 1. The highest BCUT2D eigenvalue weighted by molar-refractivity contribution is 7.98. The van der Waals surface area contributed by atoms with Gasteiger partial charge in [0, 0.05) is 30.0 Å². The first kappa shape index (κ1) is 19.6. The zero-order chi connectivity index (χ0) is 19.9. The molecule has 3 rings (SSSR count). The second-order valence-electron chi connectivity index (χ2n) is 5.91. The molecule has 3 aromatic rings. The third-order valence-corrected chi connectivity index (χ3v) is 4.99. The highest BCUT2D eigenvalue weighted by Crippen LogP contribution is 2.26. The summed E-state index contributed by atoms with van der Waals surface area (Å²) >= 11 is 1.51. The minimum atomic E-state index is -0.441. The Labute approximate surface area is 166 Å². The molecule has 0 atom stereocenters. The molecule has 0 aliphatic heterocycles. The summed E-state index contributed by atoms with van der Waals surface area (Å²) in [4.78, 5) is 22.1. The Morgan fingerprint density at radius 1 is 1.14 bits per heavy atom. The molecule has 0 bridgehead atoms. The normalized spacial score (nSPS) is 10.6. The fraction of sp³-hybridized carbons (Fsp3) is 0.211. The maximum atomic E-state index is 11.6. The highest BCUT2D eigenvalue weighted by atomic mass is 32.2. The summed E-state index contributed by atoms with van der Waals surface area (Å²) < 4.78 is 1.81. The van der Waals surface area contributed by atoms with Crippen LogP contribution in [0.5, 0.6) is 0 Å². The summed E-state index contributed by atoms with van der Waals surface area (Å²) in [6.45, 7) is 2.00. The van der Waals surface area contributed by atoms with Gasteiger partial charge in [0.1, 0.15) is 0 Å². The lowest BCUT2D eigenvalue weighted by Crippen LogP contribution is -2.23. The van der Waals surface area contributed by atoms with E-state index in [1.807, 2.05) is 34.9 Å². The van der Waals surface area contributed by atoms with Gasteiger partial charge in [0.15, 0.2) is 11.0 Å². The predicted molar refractivity (Wildman–Crippen MR) is 106 cm³/mol. The van der Waals surface area contributed by atoms with E-state index in [9.17, 15) is 14.9 Å². The SMILES string of the molecule is CCC(=O)NCc1nnc(SCc2ccccc2)n1-c1ccc([N+](=O)[O-])cc1. The van der Waals surface area contributed by atoms with Crippen LogP contribution in [0.2, 0.25) is 0 Å². The van der Waals surface area contributed by atoms with E-state index in [0.717, 1.165) is 5.56 Å². The van der Waals surface area contributed by atoms with Crippen molar-refractivity contribution in [3.05, 3.63) is 76.1 Å². The number of amides is 1. The minimum absolute atomic E-state index is 0.0103.